The molecule has 29 heavy (non-hydrogen) atoms. The lowest BCUT2D eigenvalue weighted by Gasteiger charge is -2.28. The number of rotatable bonds is 3. The number of aromatic nitrogens is 2. The molecule has 148 valence electrons. The molecule has 5 rings (SSSR count). The van der Waals surface area contributed by atoms with Gasteiger partial charge >= 0.3 is 0 Å². The van der Waals surface area contributed by atoms with Crippen LogP contribution in [0.2, 0.25) is 0 Å². The van der Waals surface area contributed by atoms with Crippen LogP contribution < -0.4 is 15.0 Å². The van der Waals surface area contributed by atoms with Crippen molar-refractivity contribution < 1.29 is 14.3 Å². The summed E-state index contributed by atoms with van der Waals surface area (Å²) in [6.45, 7) is 0.878. The van der Waals surface area contributed by atoms with E-state index < -0.39 is 0 Å². The van der Waals surface area contributed by atoms with E-state index in [9.17, 15) is 9.59 Å². The van der Waals surface area contributed by atoms with Crippen molar-refractivity contribution in [1.29, 1.82) is 0 Å². The van der Waals surface area contributed by atoms with E-state index in [0.29, 0.717) is 17.1 Å². The molecular weight excluding hydrogens is 368 g/mol. The number of hydrogen-bond acceptors (Lipinski definition) is 4. The van der Waals surface area contributed by atoms with Crippen LogP contribution in [0.3, 0.4) is 0 Å². The first-order valence-electron chi connectivity index (χ1n) is 10.0. The number of amides is 2. The van der Waals surface area contributed by atoms with E-state index >= 15 is 0 Å². The largest absolute Gasteiger partial charge is 0.482 e. The summed E-state index contributed by atoms with van der Waals surface area (Å²) < 4.78 is 7.72. The van der Waals surface area contributed by atoms with Crippen molar-refractivity contribution >= 4 is 34.2 Å². The predicted octanol–water partition coefficient (Wildman–Crippen LogP) is 3.13. The van der Waals surface area contributed by atoms with Gasteiger partial charge in [0, 0.05) is 18.7 Å². The van der Waals surface area contributed by atoms with Gasteiger partial charge in [-0.1, -0.05) is 18.6 Å². The van der Waals surface area contributed by atoms with Gasteiger partial charge in [0.25, 0.3) is 5.91 Å². The maximum absolute atomic E-state index is 12.6. The Balaban J connectivity index is 1.35. The second kappa shape index (κ2) is 7.24. The van der Waals surface area contributed by atoms with E-state index in [2.05, 4.69) is 9.88 Å². The first-order valence-corrected chi connectivity index (χ1v) is 10.0. The third kappa shape index (κ3) is 3.33. The number of aryl methyl sites for hydroxylation is 2. The van der Waals surface area contributed by atoms with Crippen molar-refractivity contribution in [3.05, 3.63) is 48.3 Å². The van der Waals surface area contributed by atoms with E-state index in [0.717, 1.165) is 29.8 Å². The number of imidazole rings is 1. The van der Waals surface area contributed by atoms with Gasteiger partial charge < -0.3 is 14.6 Å². The molecule has 0 fully saturated rings. The zero-order valence-corrected chi connectivity index (χ0v) is 16.1. The van der Waals surface area contributed by atoms with Crippen molar-refractivity contribution in [2.24, 2.45) is 0 Å². The Hall–Kier alpha value is -3.35. The van der Waals surface area contributed by atoms with Gasteiger partial charge in [-0.15, -0.1) is 0 Å². The molecular formula is C22H22N4O3. The summed E-state index contributed by atoms with van der Waals surface area (Å²) in [4.78, 5) is 31.1. The highest BCUT2D eigenvalue weighted by Crippen LogP contribution is 2.31. The Labute approximate surface area is 168 Å². The maximum Gasteiger partial charge on any atom is 0.265 e. The van der Waals surface area contributed by atoms with Gasteiger partial charge in [0.1, 0.15) is 18.1 Å². The van der Waals surface area contributed by atoms with Gasteiger partial charge in [-0.25, -0.2) is 4.98 Å². The average Bonchev–Trinajstić information content (AvgIpc) is 2.90. The fourth-order valence-electron chi connectivity index (χ4n) is 4.10. The van der Waals surface area contributed by atoms with Gasteiger partial charge in [0.2, 0.25) is 5.91 Å². The number of benzene rings is 2. The van der Waals surface area contributed by atoms with Crippen LogP contribution in [0.25, 0.3) is 11.0 Å². The number of hydrogen-bond donors (Lipinski definition) is 1. The highest BCUT2D eigenvalue weighted by Gasteiger charge is 2.27. The van der Waals surface area contributed by atoms with E-state index in [-0.39, 0.29) is 25.0 Å². The zero-order chi connectivity index (χ0) is 19.8. The summed E-state index contributed by atoms with van der Waals surface area (Å²) >= 11 is 0. The molecule has 2 aromatic carbocycles. The van der Waals surface area contributed by atoms with Crippen LogP contribution in [0.4, 0.5) is 11.4 Å². The minimum absolute atomic E-state index is 0.0586. The number of ether oxygens (including phenoxy) is 1. The first-order chi connectivity index (χ1) is 14.2. The molecule has 0 atom stereocenters. The minimum Gasteiger partial charge on any atom is -0.482 e. The molecule has 0 spiro atoms. The molecule has 0 saturated heterocycles. The number of nitrogens with one attached hydrogen (secondary N) is 1. The van der Waals surface area contributed by atoms with Gasteiger partial charge in [-0.2, -0.15) is 0 Å². The molecule has 1 N–H and O–H groups in total. The van der Waals surface area contributed by atoms with Crippen molar-refractivity contribution in [2.45, 2.75) is 32.2 Å². The molecule has 0 unspecified atom stereocenters. The highest BCUT2D eigenvalue weighted by molar-refractivity contribution is 6.05. The van der Waals surface area contributed by atoms with Crippen molar-refractivity contribution in [3.8, 4) is 5.75 Å². The Morgan fingerprint density at radius 1 is 1.14 bits per heavy atom. The summed E-state index contributed by atoms with van der Waals surface area (Å²) in [5.74, 6) is 1.25. The van der Waals surface area contributed by atoms with Crippen molar-refractivity contribution in [2.75, 3.05) is 23.4 Å². The summed E-state index contributed by atoms with van der Waals surface area (Å²) in [5, 5.41) is 2.90. The number of nitrogens with zero attached hydrogens (tertiary/aromatic N) is 3. The van der Waals surface area contributed by atoms with Crippen LogP contribution in [0.15, 0.2) is 42.5 Å². The molecule has 1 aromatic heterocycles. The van der Waals surface area contributed by atoms with E-state index in [1.807, 2.05) is 30.3 Å². The lowest BCUT2D eigenvalue weighted by Crippen LogP contribution is -2.43. The third-order valence-corrected chi connectivity index (χ3v) is 5.50. The lowest BCUT2D eigenvalue weighted by molar-refractivity contribution is -0.123. The SMILES string of the molecule is O=C(CN1C(=O)COc2ccccc21)Nc1ccc2c(c1)nc1n2CCCCC1. The van der Waals surface area contributed by atoms with Crippen molar-refractivity contribution in [3.63, 3.8) is 0 Å². The standard InChI is InChI=1S/C22H22N4O3/c27-21(13-26-18-6-3-4-7-19(18)29-14-22(26)28)23-15-9-10-17-16(12-15)24-20-8-2-1-5-11-25(17)20/h3-4,6-7,9-10,12H,1-2,5,8,11,13-14H2,(H,23,27). The molecule has 3 aromatic rings. The third-order valence-electron chi connectivity index (χ3n) is 5.50. The molecule has 0 saturated carbocycles. The Bertz CT molecular complexity index is 1100. The normalized spacial score (nSPS) is 16.0. The van der Waals surface area contributed by atoms with Crippen LogP contribution in [-0.4, -0.2) is 34.5 Å². The fraction of sp³-hybridized carbons (Fsp3) is 0.318. The molecule has 7 heteroatoms. The van der Waals surface area contributed by atoms with Crippen LogP contribution in [0.5, 0.6) is 5.75 Å². The molecule has 2 aliphatic heterocycles. The summed E-state index contributed by atoms with van der Waals surface area (Å²) in [7, 11) is 0. The summed E-state index contributed by atoms with van der Waals surface area (Å²) in [6.07, 6.45) is 4.57. The van der Waals surface area contributed by atoms with Gasteiger partial charge in [0.15, 0.2) is 6.61 Å². The topological polar surface area (TPSA) is 76.5 Å². The smallest absolute Gasteiger partial charge is 0.265 e. The predicted molar refractivity (Wildman–Crippen MR) is 110 cm³/mol. The van der Waals surface area contributed by atoms with Crippen LogP contribution in [-0.2, 0) is 22.6 Å². The molecule has 0 aliphatic carbocycles. The maximum atomic E-state index is 12.6. The number of anilines is 2. The molecule has 0 radical (unpaired) electrons. The fourth-order valence-corrected chi connectivity index (χ4v) is 4.10. The van der Waals surface area contributed by atoms with E-state index in [1.165, 1.54) is 24.2 Å². The number of para-hydroxylation sites is 2. The number of fused-ring (bicyclic) bond motifs is 4. The zero-order valence-electron chi connectivity index (χ0n) is 16.1. The van der Waals surface area contributed by atoms with Crippen LogP contribution >= 0.6 is 0 Å². The van der Waals surface area contributed by atoms with Crippen LogP contribution in [0, 0.1) is 0 Å². The number of carbonyl (C=O) groups excluding carboxylic acids is 2. The summed E-state index contributed by atoms with van der Waals surface area (Å²) in [6, 6.07) is 13.1. The van der Waals surface area contributed by atoms with E-state index in [4.69, 9.17) is 9.72 Å². The average molecular weight is 390 g/mol. The Kier molecular flexibility index (Phi) is 4.42. The van der Waals surface area contributed by atoms with Gasteiger partial charge in [-0.3, -0.25) is 14.5 Å². The van der Waals surface area contributed by atoms with Gasteiger partial charge in [-0.05, 0) is 43.2 Å². The quantitative estimate of drug-likeness (QED) is 0.745. The first kappa shape index (κ1) is 17.7. The Morgan fingerprint density at radius 3 is 2.97 bits per heavy atom. The molecule has 0 bridgehead atoms. The summed E-state index contributed by atoms with van der Waals surface area (Å²) in [5.41, 5.74) is 3.31. The molecule has 2 amide bonds. The van der Waals surface area contributed by atoms with Crippen LogP contribution in [0.1, 0.15) is 25.1 Å². The second-order valence-electron chi connectivity index (χ2n) is 7.48. The van der Waals surface area contributed by atoms with Crippen molar-refractivity contribution in [1.82, 2.24) is 9.55 Å². The number of carbonyl (C=O) groups is 2. The highest BCUT2D eigenvalue weighted by atomic mass is 16.5. The molecule has 2 aliphatic rings. The minimum atomic E-state index is -0.254. The lowest BCUT2D eigenvalue weighted by atomic mass is 10.2. The molecule has 7 nitrogen and oxygen atoms in total. The Morgan fingerprint density at radius 2 is 2.03 bits per heavy atom. The second-order valence-corrected chi connectivity index (χ2v) is 7.48. The van der Waals surface area contributed by atoms with E-state index in [1.54, 1.807) is 12.1 Å². The van der Waals surface area contributed by atoms with Gasteiger partial charge in [0.05, 0.1) is 16.7 Å². The molecule has 3 heterocycles. The monoisotopic (exact) mass is 390 g/mol.